The van der Waals surface area contributed by atoms with Crippen molar-refractivity contribution < 1.29 is 4.79 Å². The maximum Gasteiger partial charge on any atom is 0.221 e. The van der Waals surface area contributed by atoms with E-state index in [1.165, 1.54) is 0 Å². The van der Waals surface area contributed by atoms with Gasteiger partial charge in [0.1, 0.15) is 0 Å². The maximum atomic E-state index is 10.7. The van der Waals surface area contributed by atoms with Gasteiger partial charge in [0.25, 0.3) is 0 Å². The van der Waals surface area contributed by atoms with Gasteiger partial charge >= 0.3 is 0 Å². The van der Waals surface area contributed by atoms with Crippen LogP contribution in [0.25, 0.3) is 10.8 Å². The molecule has 0 bridgehead atoms. The second-order valence-corrected chi connectivity index (χ2v) is 3.02. The minimum absolute atomic E-state index is 0.297. The van der Waals surface area contributed by atoms with Gasteiger partial charge in [-0.15, -0.1) is 0 Å². The summed E-state index contributed by atoms with van der Waals surface area (Å²) < 4.78 is 0. The Kier molecular flexibility index (Phi) is 1.77. The van der Waals surface area contributed by atoms with Crippen LogP contribution in [0, 0.1) is 0 Å². The highest BCUT2D eigenvalue weighted by Crippen LogP contribution is 2.18. The molecule has 0 fully saturated rings. The summed E-state index contributed by atoms with van der Waals surface area (Å²) in [6.45, 7) is 0. The number of hydrogen-bond donors (Lipinski definition) is 2. The molecule has 2 rings (SSSR count). The van der Waals surface area contributed by atoms with E-state index in [1.807, 2.05) is 30.6 Å². The maximum absolute atomic E-state index is 10.7. The molecule has 3 heteroatoms. The highest BCUT2D eigenvalue weighted by molar-refractivity contribution is 5.89. The summed E-state index contributed by atoms with van der Waals surface area (Å²) in [5.41, 5.74) is 6.11. The van der Waals surface area contributed by atoms with Gasteiger partial charge in [0.2, 0.25) is 5.91 Å². The highest BCUT2D eigenvalue weighted by atomic mass is 16.1. The predicted octanol–water partition coefficient (Wildman–Crippen LogP) is 1.20. The van der Waals surface area contributed by atoms with Crippen LogP contribution < -0.4 is 5.73 Å². The first-order chi connectivity index (χ1) is 6.27. The molecule has 3 nitrogen and oxygen atoms in total. The third-order valence-corrected chi connectivity index (χ3v) is 2.06. The monoisotopic (exact) mass is 174 g/mol. The lowest BCUT2D eigenvalue weighted by atomic mass is 10.1. The van der Waals surface area contributed by atoms with Crippen molar-refractivity contribution in [3.05, 3.63) is 36.2 Å². The number of nitrogens with two attached hydrogens (primary N) is 1. The van der Waals surface area contributed by atoms with Gasteiger partial charge in [0.05, 0.1) is 6.42 Å². The SMILES string of the molecule is NC(=O)Cc1cccc2c[nH]cc12. The molecular weight excluding hydrogens is 164 g/mol. The number of hydrogen-bond acceptors (Lipinski definition) is 1. The average Bonchev–Trinajstić information content (AvgIpc) is 2.51. The fourth-order valence-electron chi connectivity index (χ4n) is 1.49. The Morgan fingerprint density at radius 3 is 3.00 bits per heavy atom. The minimum atomic E-state index is -0.297. The van der Waals surface area contributed by atoms with Gasteiger partial charge in [-0.25, -0.2) is 0 Å². The van der Waals surface area contributed by atoms with Crippen molar-refractivity contribution in [2.24, 2.45) is 5.73 Å². The van der Waals surface area contributed by atoms with E-state index >= 15 is 0 Å². The number of amides is 1. The molecule has 1 heterocycles. The number of nitrogens with one attached hydrogen (secondary N) is 1. The largest absolute Gasteiger partial charge is 0.369 e. The van der Waals surface area contributed by atoms with Crippen molar-refractivity contribution >= 4 is 16.7 Å². The average molecular weight is 174 g/mol. The molecule has 0 atom stereocenters. The molecule has 1 amide bonds. The lowest BCUT2D eigenvalue weighted by Gasteiger charge is -1.98. The molecule has 1 aromatic carbocycles. The summed E-state index contributed by atoms with van der Waals surface area (Å²) >= 11 is 0. The topological polar surface area (TPSA) is 58.9 Å². The van der Waals surface area contributed by atoms with E-state index < -0.39 is 0 Å². The first kappa shape index (κ1) is 7.86. The summed E-state index contributed by atoms with van der Waals surface area (Å²) in [5, 5.41) is 2.18. The van der Waals surface area contributed by atoms with Crippen LogP contribution in [0.5, 0.6) is 0 Å². The van der Waals surface area contributed by atoms with Gasteiger partial charge < -0.3 is 10.7 Å². The number of aromatic amines is 1. The van der Waals surface area contributed by atoms with Crippen LogP contribution in [0.1, 0.15) is 5.56 Å². The first-order valence-electron chi connectivity index (χ1n) is 4.10. The van der Waals surface area contributed by atoms with Gasteiger partial charge in [0, 0.05) is 17.8 Å². The number of H-pyrrole nitrogens is 1. The van der Waals surface area contributed by atoms with E-state index in [0.717, 1.165) is 16.3 Å². The van der Waals surface area contributed by atoms with Gasteiger partial charge in [0.15, 0.2) is 0 Å². The number of fused-ring (bicyclic) bond motifs is 1. The smallest absolute Gasteiger partial charge is 0.221 e. The van der Waals surface area contributed by atoms with Crippen molar-refractivity contribution in [2.75, 3.05) is 0 Å². The number of primary amides is 1. The van der Waals surface area contributed by atoms with Crippen molar-refractivity contribution in [3.63, 3.8) is 0 Å². The van der Waals surface area contributed by atoms with Gasteiger partial charge in [-0.1, -0.05) is 18.2 Å². The molecule has 13 heavy (non-hydrogen) atoms. The number of carbonyl (C=O) groups excluding carboxylic acids is 1. The summed E-state index contributed by atoms with van der Waals surface area (Å²) in [6.07, 6.45) is 4.09. The van der Waals surface area contributed by atoms with E-state index in [2.05, 4.69) is 4.98 Å². The summed E-state index contributed by atoms with van der Waals surface area (Å²) in [5.74, 6) is -0.297. The van der Waals surface area contributed by atoms with Crippen LogP contribution >= 0.6 is 0 Å². The summed E-state index contributed by atoms with van der Waals surface area (Å²) in [6, 6.07) is 5.84. The number of rotatable bonds is 2. The van der Waals surface area contributed by atoms with Crippen molar-refractivity contribution in [2.45, 2.75) is 6.42 Å². The van der Waals surface area contributed by atoms with Crippen molar-refractivity contribution in [1.82, 2.24) is 4.98 Å². The molecule has 0 saturated heterocycles. The number of benzene rings is 1. The zero-order valence-electron chi connectivity index (χ0n) is 7.08. The summed E-state index contributed by atoms with van der Waals surface area (Å²) in [7, 11) is 0. The highest BCUT2D eigenvalue weighted by Gasteiger charge is 2.03. The molecule has 0 radical (unpaired) electrons. The third kappa shape index (κ3) is 1.40. The molecule has 0 saturated carbocycles. The minimum Gasteiger partial charge on any atom is -0.369 e. The molecule has 2 aromatic rings. The predicted molar refractivity (Wildman–Crippen MR) is 51.2 cm³/mol. The Morgan fingerprint density at radius 2 is 2.23 bits per heavy atom. The van der Waals surface area contributed by atoms with Crippen molar-refractivity contribution in [1.29, 1.82) is 0 Å². The Hall–Kier alpha value is -1.77. The van der Waals surface area contributed by atoms with Crippen LogP contribution in [0.4, 0.5) is 0 Å². The Bertz CT molecular complexity index is 445. The Balaban J connectivity index is 2.54. The molecule has 0 aliphatic rings. The van der Waals surface area contributed by atoms with Gasteiger partial charge in [-0.2, -0.15) is 0 Å². The molecule has 0 aliphatic heterocycles. The molecular formula is C10H10N2O. The quantitative estimate of drug-likeness (QED) is 0.706. The Morgan fingerprint density at radius 1 is 1.38 bits per heavy atom. The summed E-state index contributed by atoms with van der Waals surface area (Å²) in [4.78, 5) is 13.7. The Labute approximate surface area is 75.6 Å². The fourth-order valence-corrected chi connectivity index (χ4v) is 1.49. The van der Waals surface area contributed by atoms with Crippen LogP contribution in [0.2, 0.25) is 0 Å². The van der Waals surface area contributed by atoms with Crippen LogP contribution in [0.3, 0.4) is 0 Å². The fraction of sp³-hybridized carbons (Fsp3) is 0.100. The molecule has 1 aromatic heterocycles. The van der Waals surface area contributed by atoms with Gasteiger partial charge in [-0.05, 0) is 10.9 Å². The lowest BCUT2D eigenvalue weighted by molar-refractivity contribution is -0.117. The normalized spacial score (nSPS) is 10.5. The van der Waals surface area contributed by atoms with E-state index in [-0.39, 0.29) is 5.91 Å². The molecule has 0 aliphatic carbocycles. The molecule has 0 spiro atoms. The van der Waals surface area contributed by atoms with Gasteiger partial charge in [-0.3, -0.25) is 4.79 Å². The van der Waals surface area contributed by atoms with E-state index in [1.54, 1.807) is 0 Å². The molecule has 66 valence electrons. The van der Waals surface area contributed by atoms with E-state index in [9.17, 15) is 4.79 Å². The zero-order valence-corrected chi connectivity index (χ0v) is 7.08. The van der Waals surface area contributed by atoms with E-state index in [4.69, 9.17) is 5.73 Å². The second-order valence-electron chi connectivity index (χ2n) is 3.02. The zero-order chi connectivity index (χ0) is 9.26. The lowest BCUT2D eigenvalue weighted by Crippen LogP contribution is -2.13. The molecule has 3 N–H and O–H groups in total. The van der Waals surface area contributed by atoms with Crippen LogP contribution in [-0.2, 0) is 11.2 Å². The number of aromatic nitrogens is 1. The first-order valence-corrected chi connectivity index (χ1v) is 4.10. The second kappa shape index (κ2) is 2.94. The number of carbonyl (C=O) groups is 1. The van der Waals surface area contributed by atoms with Crippen molar-refractivity contribution in [3.8, 4) is 0 Å². The molecule has 0 unspecified atom stereocenters. The van der Waals surface area contributed by atoms with E-state index in [0.29, 0.717) is 6.42 Å². The van der Waals surface area contributed by atoms with Crippen LogP contribution in [0.15, 0.2) is 30.6 Å². The van der Waals surface area contributed by atoms with Crippen LogP contribution in [-0.4, -0.2) is 10.9 Å². The third-order valence-electron chi connectivity index (χ3n) is 2.06. The standard InChI is InChI=1S/C10H10N2O/c11-10(13)4-7-2-1-3-8-5-12-6-9(7)8/h1-3,5-6,12H,4H2,(H2,11,13).